The minimum absolute atomic E-state index is 0.111. The summed E-state index contributed by atoms with van der Waals surface area (Å²) in [6.07, 6.45) is 1.38. The molecule has 0 aliphatic heterocycles. The minimum atomic E-state index is -4.11. The summed E-state index contributed by atoms with van der Waals surface area (Å²) >= 11 is 6.07. The second-order valence-electron chi connectivity index (χ2n) is 7.59. The Morgan fingerprint density at radius 2 is 1.94 bits per heavy atom. The van der Waals surface area contributed by atoms with Crippen molar-refractivity contribution in [1.82, 2.24) is 9.78 Å². The molecule has 0 spiro atoms. The summed E-state index contributed by atoms with van der Waals surface area (Å²) in [6.45, 7) is 0.385. The van der Waals surface area contributed by atoms with Crippen LogP contribution in [0.1, 0.15) is 11.1 Å². The van der Waals surface area contributed by atoms with E-state index in [-0.39, 0.29) is 33.3 Å². The summed E-state index contributed by atoms with van der Waals surface area (Å²) in [6, 6.07) is 14.8. The lowest BCUT2D eigenvalue weighted by Crippen LogP contribution is -2.16. The van der Waals surface area contributed by atoms with Crippen LogP contribution in [0.2, 0.25) is 5.02 Å². The number of primary sulfonamides is 1. The molecule has 0 unspecified atom stereocenters. The van der Waals surface area contributed by atoms with Gasteiger partial charge in [0.25, 0.3) is 0 Å². The third-order valence-electron chi connectivity index (χ3n) is 5.16. The Bertz CT molecular complexity index is 1460. The largest absolute Gasteiger partial charge is 0.508 e. The first kappa shape index (κ1) is 23.6. The number of anilines is 1. The van der Waals surface area contributed by atoms with Gasteiger partial charge in [0.05, 0.1) is 30.5 Å². The number of carbonyl (C=O) groups excluding carboxylic acids is 1. The Kier molecular flexibility index (Phi) is 6.47. The molecule has 11 heteroatoms. The van der Waals surface area contributed by atoms with Crippen LogP contribution in [0.25, 0.3) is 10.9 Å². The van der Waals surface area contributed by atoms with Crippen molar-refractivity contribution in [2.24, 2.45) is 5.14 Å². The molecule has 176 valence electrons. The van der Waals surface area contributed by atoms with Gasteiger partial charge in [-0.1, -0.05) is 29.8 Å². The SMILES string of the molecule is COc1ccc(Cn2cc3c(S(N)(=O)=O)cc(NC(=O)Cc4c(O)cccc4Cl)cc3n2)cc1. The van der Waals surface area contributed by atoms with E-state index >= 15 is 0 Å². The molecule has 9 nitrogen and oxygen atoms in total. The van der Waals surface area contributed by atoms with E-state index in [1.165, 1.54) is 12.1 Å². The maximum atomic E-state index is 12.6. The number of methoxy groups -OCH3 is 1. The molecule has 4 rings (SSSR count). The van der Waals surface area contributed by atoms with Crippen molar-refractivity contribution in [3.05, 3.63) is 76.9 Å². The highest BCUT2D eigenvalue weighted by Gasteiger charge is 2.19. The van der Waals surface area contributed by atoms with E-state index in [1.807, 2.05) is 24.3 Å². The maximum absolute atomic E-state index is 12.6. The van der Waals surface area contributed by atoms with Gasteiger partial charge in [-0.25, -0.2) is 13.6 Å². The van der Waals surface area contributed by atoms with E-state index in [2.05, 4.69) is 10.4 Å². The quantitative estimate of drug-likeness (QED) is 0.356. The Hall–Kier alpha value is -3.60. The van der Waals surface area contributed by atoms with Gasteiger partial charge in [-0.3, -0.25) is 9.48 Å². The van der Waals surface area contributed by atoms with Crippen molar-refractivity contribution in [3.8, 4) is 11.5 Å². The highest BCUT2D eigenvalue weighted by molar-refractivity contribution is 7.89. The maximum Gasteiger partial charge on any atom is 0.238 e. The number of nitrogens with zero attached hydrogens (tertiary/aromatic N) is 2. The normalized spacial score (nSPS) is 11.5. The van der Waals surface area contributed by atoms with Crippen LogP contribution in [0.15, 0.2) is 65.7 Å². The lowest BCUT2D eigenvalue weighted by molar-refractivity contribution is -0.115. The topological polar surface area (TPSA) is 137 Å². The smallest absolute Gasteiger partial charge is 0.238 e. The van der Waals surface area contributed by atoms with Crippen molar-refractivity contribution < 1.29 is 23.1 Å². The molecule has 0 bridgehead atoms. The Morgan fingerprint density at radius 1 is 1.21 bits per heavy atom. The summed E-state index contributed by atoms with van der Waals surface area (Å²) in [7, 11) is -2.53. The Labute approximate surface area is 200 Å². The molecule has 1 amide bonds. The molecule has 34 heavy (non-hydrogen) atoms. The van der Waals surface area contributed by atoms with Crippen molar-refractivity contribution in [1.29, 1.82) is 0 Å². The Balaban J connectivity index is 1.64. The summed E-state index contributed by atoms with van der Waals surface area (Å²) in [5, 5.41) is 23.1. The van der Waals surface area contributed by atoms with E-state index < -0.39 is 15.9 Å². The van der Waals surface area contributed by atoms with Crippen molar-refractivity contribution in [2.75, 3.05) is 12.4 Å². The number of sulfonamides is 1. The van der Waals surface area contributed by atoms with Gasteiger partial charge >= 0.3 is 0 Å². The molecule has 0 radical (unpaired) electrons. The standard InChI is InChI=1S/C23H21ClN4O5S/c1-33-16-7-5-14(6-8-16)12-28-13-18-20(27-28)9-15(10-22(18)34(25,31)32)26-23(30)11-17-19(24)3-2-4-21(17)29/h2-10,13,29H,11-12H2,1H3,(H,26,30)(H2,25,31,32). The molecule has 0 aliphatic rings. The van der Waals surface area contributed by atoms with Crippen LogP contribution in [0.3, 0.4) is 0 Å². The zero-order valence-electron chi connectivity index (χ0n) is 18.0. The third-order valence-corrected chi connectivity index (χ3v) is 6.46. The van der Waals surface area contributed by atoms with Crippen molar-refractivity contribution >= 4 is 44.1 Å². The summed E-state index contributed by atoms with van der Waals surface area (Å²) < 4.78 is 31.3. The number of hydrogen-bond donors (Lipinski definition) is 3. The van der Waals surface area contributed by atoms with Crippen molar-refractivity contribution in [3.63, 3.8) is 0 Å². The first-order chi connectivity index (χ1) is 16.1. The lowest BCUT2D eigenvalue weighted by atomic mass is 10.1. The zero-order valence-corrected chi connectivity index (χ0v) is 19.6. The summed E-state index contributed by atoms with van der Waals surface area (Å²) in [4.78, 5) is 12.4. The number of phenols is 1. The predicted octanol–water partition coefficient (Wildman–Crippen LogP) is 3.28. The number of aromatic nitrogens is 2. The molecule has 0 fully saturated rings. The van der Waals surface area contributed by atoms with Crippen LogP contribution in [-0.4, -0.2) is 36.3 Å². The number of hydrogen-bond acceptors (Lipinski definition) is 6. The minimum Gasteiger partial charge on any atom is -0.508 e. The van der Waals surface area contributed by atoms with Gasteiger partial charge in [-0.05, 0) is 42.0 Å². The van der Waals surface area contributed by atoms with E-state index in [1.54, 1.807) is 36.2 Å². The molecule has 0 saturated carbocycles. The molecule has 0 aliphatic carbocycles. The number of phenolic OH excluding ortho intramolecular Hbond substituents is 1. The van der Waals surface area contributed by atoms with Crippen molar-refractivity contribution in [2.45, 2.75) is 17.9 Å². The third kappa shape index (κ3) is 5.14. The average Bonchev–Trinajstić information content (AvgIpc) is 3.17. The van der Waals surface area contributed by atoms with Gasteiger partial charge in [-0.2, -0.15) is 5.10 Å². The van der Waals surface area contributed by atoms with Crippen LogP contribution in [0.4, 0.5) is 5.69 Å². The fourth-order valence-electron chi connectivity index (χ4n) is 3.54. The Morgan fingerprint density at radius 3 is 2.59 bits per heavy atom. The number of ether oxygens (including phenoxy) is 1. The highest BCUT2D eigenvalue weighted by atomic mass is 35.5. The molecule has 1 aromatic heterocycles. The number of benzene rings is 3. The number of amides is 1. The lowest BCUT2D eigenvalue weighted by Gasteiger charge is -2.09. The van der Waals surface area contributed by atoms with Gasteiger partial charge in [-0.15, -0.1) is 0 Å². The van der Waals surface area contributed by atoms with E-state index in [0.717, 1.165) is 11.3 Å². The van der Waals surface area contributed by atoms with Gasteiger partial charge in [0.15, 0.2) is 0 Å². The first-order valence-corrected chi connectivity index (χ1v) is 12.0. The molecular weight excluding hydrogens is 480 g/mol. The van der Waals surface area contributed by atoms with Crippen LogP contribution in [0, 0.1) is 0 Å². The number of nitrogens with two attached hydrogens (primary N) is 1. The van der Waals surface area contributed by atoms with Crippen LogP contribution < -0.4 is 15.2 Å². The molecular formula is C23H21ClN4O5S. The van der Waals surface area contributed by atoms with Crippen LogP contribution >= 0.6 is 11.6 Å². The second kappa shape index (κ2) is 9.34. The number of nitrogens with one attached hydrogen (secondary N) is 1. The molecule has 1 heterocycles. The second-order valence-corrected chi connectivity index (χ2v) is 9.53. The van der Waals surface area contributed by atoms with Gasteiger partial charge in [0.1, 0.15) is 11.5 Å². The number of carbonyl (C=O) groups is 1. The van der Waals surface area contributed by atoms with Gasteiger partial charge in [0.2, 0.25) is 15.9 Å². The van der Waals surface area contributed by atoms with Gasteiger partial charge in [0, 0.05) is 27.9 Å². The number of fused-ring (bicyclic) bond motifs is 1. The van der Waals surface area contributed by atoms with Crippen LogP contribution in [-0.2, 0) is 27.8 Å². The zero-order chi connectivity index (χ0) is 24.5. The summed E-state index contributed by atoms with van der Waals surface area (Å²) in [5.41, 5.74) is 1.73. The molecule has 0 atom stereocenters. The summed E-state index contributed by atoms with van der Waals surface area (Å²) in [5.74, 6) is 0.109. The van der Waals surface area contributed by atoms with Gasteiger partial charge < -0.3 is 15.2 Å². The molecule has 0 saturated heterocycles. The van der Waals surface area contributed by atoms with E-state index in [9.17, 15) is 18.3 Å². The molecule has 4 N–H and O–H groups in total. The highest BCUT2D eigenvalue weighted by Crippen LogP contribution is 2.28. The fourth-order valence-corrected chi connectivity index (χ4v) is 4.53. The number of halogens is 1. The average molecular weight is 501 g/mol. The molecule has 3 aromatic carbocycles. The fraction of sp³-hybridized carbons (Fsp3) is 0.130. The van der Waals surface area contributed by atoms with Crippen LogP contribution in [0.5, 0.6) is 11.5 Å². The first-order valence-electron chi connectivity index (χ1n) is 10.1. The number of rotatable bonds is 7. The molecule has 4 aromatic rings. The van der Waals surface area contributed by atoms with E-state index in [4.69, 9.17) is 21.5 Å². The number of aromatic hydroxyl groups is 1. The predicted molar refractivity (Wildman–Crippen MR) is 129 cm³/mol. The monoisotopic (exact) mass is 500 g/mol. The van der Waals surface area contributed by atoms with E-state index in [0.29, 0.717) is 17.4 Å².